The molecular weight excluding hydrogens is 246 g/mol. The number of aromatic nitrogens is 1. The van der Waals surface area contributed by atoms with Gasteiger partial charge in [-0.25, -0.2) is 0 Å². The highest BCUT2D eigenvalue weighted by Gasteiger charge is 2.27. The van der Waals surface area contributed by atoms with E-state index >= 15 is 0 Å². The molecule has 20 heavy (non-hydrogen) atoms. The van der Waals surface area contributed by atoms with Crippen LogP contribution in [0.1, 0.15) is 57.6 Å². The fraction of sp³-hybridized carbons (Fsp3) is 0.706. The minimum Gasteiger partial charge on any atom is -0.271 e. The van der Waals surface area contributed by atoms with Crippen molar-refractivity contribution in [3.63, 3.8) is 0 Å². The van der Waals surface area contributed by atoms with Crippen molar-refractivity contribution in [3.8, 4) is 0 Å². The lowest BCUT2D eigenvalue weighted by Gasteiger charge is -2.33. The highest BCUT2D eigenvalue weighted by atomic mass is 15.2. The van der Waals surface area contributed by atoms with Gasteiger partial charge in [0.05, 0.1) is 0 Å². The van der Waals surface area contributed by atoms with Crippen molar-refractivity contribution >= 4 is 0 Å². The lowest BCUT2D eigenvalue weighted by Crippen LogP contribution is -2.43. The van der Waals surface area contributed by atoms with Gasteiger partial charge in [-0.3, -0.25) is 16.3 Å². The highest BCUT2D eigenvalue weighted by molar-refractivity contribution is 5.06. The van der Waals surface area contributed by atoms with Crippen molar-refractivity contribution in [1.82, 2.24) is 10.4 Å². The van der Waals surface area contributed by atoms with Crippen molar-refractivity contribution in [1.29, 1.82) is 0 Å². The molecule has 1 saturated carbocycles. The average Bonchev–Trinajstić information content (AvgIpc) is 2.52. The van der Waals surface area contributed by atoms with Gasteiger partial charge in [0.2, 0.25) is 0 Å². The zero-order chi connectivity index (χ0) is 14.2. The topological polar surface area (TPSA) is 50.9 Å². The maximum absolute atomic E-state index is 5.79. The van der Waals surface area contributed by atoms with E-state index in [1.54, 1.807) is 0 Å². The fourth-order valence-corrected chi connectivity index (χ4v) is 3.48. The molecule has 0 aromatic carbocycles. The second-order valence-electron chi connectivity index (χ2n) is 6.22. The number of hydrogen-bond donors (Lipinski definition) is 2. The summed E-state index contributed by atoms with van der Waals surface area (Å²) in [6.45, 7) is 2.28. The van der Waals surface area contributed by atoms with Gasteiger partial charge >= 0.3 is 0 Å². The number of unbranched alkanes of at least 4 members (excludes halogenated alkanes) is 1. The molecule has 0 spiro atoms. The summed E-state index contributed by atoms with van der Waals surface area (Å²) in [4.78, 5) is 4.42. The van der Waals surface area contributed by atoms with Crippen LogP contribution in [0.2, 0.25) is 0 Å². The summed E-state index contributed by atoms with van der Waals surface area (Å²) < 4.78 is 0. The van der Waals surface area contributed by atoms with Crippen molar-refractivity contribution in [3.05, 3.63) is 30.1 Å². The van der Waals surface area contributed by atoms with Gasteiger partial charge in [0.25, 0.3) is 0 Å². The van der Waals surface area contributed by atoms with Crippen LogP contribution in [0.3, 0.4) is 0 Å². The summed E-state index contributed by atoms with van der Waals surface area (Å²) in [6.07, 6.45) is 12.3. The maximum Gasteiger partial charge on any atom is 0.0419 e. The Labute approximate surface area is 123 Å². The van der Waals surface area contributed by atoms with Crippen LogP contribution in [0.15, 0.2) is 24.4 Å². The summed E-state index contributed by atoms with van der Waals surface area (Å²) in [5, 5.41) is 0. The van der Waals surface area contributed by atoms with Crippen LogP contribution in [-0.4, -0.2) is 11.0 Å². The molecule has 0 saturated heterocycles. The summed E-state index contributed by atoms with van der Waals surface area (Å²) in [6, 6.07) is 6.49. The lowest BCUT2D eigenvalue weighted by atomic mass is 9.76. The van der Waals surface area contributed by atoms with E-state index in [-0.39, 0.29) is 0 Å². The molecule has 0 aliphatic heterocycles. The van der Waals surface area contributed by atoms with Gasteiger partial charge in [-0.15, -0.1) is 0 Å². The molecule has 3 heteroatoms. The Balaban J connectivity index is 1.81. The van der Waals surface area contributed by atoms with Crippen LogP contribution in [0, 0.1) is 11.8 Å². The zero-order valence-corrected chi connectivity index (χ0v) is 12.7. The Bertz CT molecular complexity index is 358. The molecule has 1 aliphatic rings. The monoisotopic (exact) mass is 275 g/mol. The van der Waals surface area contributed by atoms with Crippen molar-refractivity contribution in [2.24, 2.45) is 17.7 Å². The fourth-order valence-electron chi connectivity index (χ4n) is 3.48. The third-order valence-electron chi connectivity index (χ3n) is 4.80. The number of nitrogens with one attached hydrogen (secondary N) is 1. The molecule has 0 amide bonds. The van der Waals surface area contributed by atoms with Gasteiger partial charge in [-0.2, -0.15) is 0 Å². The van der Waals surface area contributed by atoms with Gasteiger partial charge in [0, 0.05) is 24.4 Å². The molecule has 1 atom stereocenters. The van der Waals surface area contributed by atoms with E-state index in [2.05, 4.69) is 29.5 Å². The second kappa shape index (κ2) is 8.38. The summed E-state index contributed by atoms with van der Waals surface area (Å²) >= 11 is 0. The summed E-state index contributed by atoms with van der Waals surface area (Å²) in [7, 11) is 0. The van der Waals surface area contributed by atoms with E-state index in [0.717, 1.165) is 18.0 Å². The van der Waals surface area contributed by atoms with E-state index in [1.807, 2.05) is 12.3 Å². The lowest BCUT2D eigenvalue weighted by molar-refractivity contribution is 0.211. The molecule has 1 heterocycles. The first kappa shape index (κ1) is 15.5. The minimum absolute atomic E-state index is 0.372. The Morgan fingerprint density at radius 3 is 2.70 bits per heavy atom. The smallest absolute Gasteiger partial charge is 0.0419 e. The van der Waals surface area contributed by atoms with Crippen LogP contribution in [0.4, 0.5) is 0 Å². The molecular formula is C17H29N3. The zero-order valence-electron chi connectivity index (χ0n) is 12.7. The molecule has 1 fully saturated rings. The normalized spacial score (nSPS) is 24.5. The summed E-state index contributed by atoms with van der Waals surface area (Å²) in [5.41, 5.74) is 4.18. The molecule has 112 valence electrons. The molecule has 1 aromatic heterocycles. The second-order valence-corrected chi connectivity index (χ2v) is 6.22. The van der Waals surface area contributed by atoms with E-state index in [1.165, 1.54) is 44.9 Å². The number of hydrogen-bond acceptors (Lipinski definition) is 3. The molecule has 3 nitrogen and oxygen atoms in total. The van der Waals surface area contributed by atoms with E-state index < -0.39 is 0 Å². The largest absolute Gasteiger partial charge is 0.271 e. The highest BCUT2D eigenvalue weighted by Crippen LogP contribution is 2.34. The SMILES string of the molecule is CCCCC1CCC(C(Cc2ccccn2)NN)CC1. The minimum atomic E-state index is 0.372. The van der Waals surface area contributed by atoms with Gasteiger partial charge in [-0.05, 0) is 36.8 Å². The third kappa shape index (κ3) is 4.57. The Kier molecular flexibility index (Phi) is 6.48. The Morgan fingerprint density at radius 1 is 1.30 bits per heavy atom. The Hall–Kier alpha value is -0.930. The van der Waals surface area contributed by atoms with E-state index in [4.69, 9.17) is 5.84 Å². The first-order valence-electron chi connectivity index (χ1n) is 8.19. The van der Waals surface area contributed by atoms with Crippen LogP contribution in [0.25, 0.3) is 0 Å². The number of nitrogens with two attached hydrogens (primary N) is 1. The molecule has 1 aromatic rings. The van der Waals surface area contributed by atoms with Crippen LogP contribution >= 0.6 is 0 Å². The van der Waals surface area contributed by atoms with Gasteiger partial charge in [0.1, 0.15) is 0 Å². The number of rotatable bonds is 7. The molecule has 2 rings (SSSR count). The van der Waals surface area contributed by atoms with Gasteiger partial charge in [0.15, 0.2) is 0 Å². The number of hydrazine groups is 1. The molecule has 0 radical (unpaired) electrons. The third-order valence-corrected chi connectivity index (χ3v) is 4.80. The van der Waals surface area contributed by atoms with Crippen molar-refractivity contribution < 1.29 is 0 Å². The molecule has 1 aliphatic carbocycles. The summed E-state index contributed by atoms with van der Waals surface area (Å²) in [5.74, 6) is 7.45. The van der Waals surface area contributed by atoms with Crippen LogP contribution < -0.4 is 11.3 Å². The standard InChI is InChI=1S/C17H29N3/c1-2-3-6-14-8-10-15(11-9-14)17(20-18)13-16-7-4-5-12-19-16/h4-5,7,12,14-15,17,20H,2-3,6,8-11,13,18H2,1H3. The predicted molar refractivity (Wildman–Crippen MR) is 84.0 cm³/mol. The number of nitrogens with zero attached hydrogens (tertiary/aromatic N) is 1. The predicted octanol–water partition coefficient (Wildman–Crippen LogP) is 3.45. The van der Waals surface area contributed by atoms with E-state index in [9.17, 15) is 0 Å². The van der Waals surface area contributed by atoms with Gasteiger partial charge in [-0.1, -0.05) is 45.1 Å². The van der Waals surface area contributed by atoms with Gasteiger partial charge < -0.3 is 0 Å². The first-order chi connectivity index (χ1) is 9.83. The number of pyridine rings is 1. The molecule has 3 N–H and O–H groups in total. The van der Waals surface area contributed by atoms with Crippen LogP contribution in [-0.2, 0) is 6.42 Å². The molecule has 1 unspecified atom stereocenters. The quantitative estimate of drug-likeness (QED) is 0.592. The first-order valence-corrected chi connectivity index (χ1v) is 8.19. The molecule has 0 bridgehead atoms. The van der Waals surface area contributed by atoms with E-state index in [0.29, 0.717) is 12.0 Å². The van der Waals surface area contributed by atoms with Crippen molar-refractivity contribution in [2.75, 3.05) is 0 Å². The van der Waals surface area contributed by atoms with Crippen LogP contribution in [0.5, 0.6) is 0 Å². The van der Waals surface area contributed by atoms with Crippen molar-refractivity contribution in [2.45, 2.75) is 64.3 Å². The average molecular weight is 275 g/mol. The maximum atomic E-state index is 5.79. The Morgan fingerprint density at radius 2 is 2.10 bits per heavy atom.